The third-order valence-corrected chi connectivity index (χ3v) is 4.38. The van der Waals surface area contributed by atoms with Crippen molar-refractivity contribution >= 4 is 33.4 Å². The molecule has 20 heavy (non-hydrogen) atoms. The number of benzene rings is 2. The summed E-state index contributed by atoms with van der Waals surface area (Å²) < 4.78 is 0. The van der Waals surface area contributed by atoms with Crippen LogP contribution in [0.15, 0.2) is 48.5 Å². The Balaban J connectivity index is 2.01. The van der Waals surface area contributed by atoms with Gasteiger partial charge in [-0.05, 0) is 30.2 Å². The zero-order valence-corrected chi connectivity index (χ0v) is 13.4. The fraction of sp³-hybridized carbons (Fsp3) is 0.188. The number of nitrogens with one attached hydrogen (secondary N) is 1. The van der Waals surface area contributed by atoms with Crippen molar-refractivity contribution in [2.45, 2.75) is 11.8 Å². The summed E-state index contributed by atoms with van der Waals surface area (Å²) in [6.45, 7) is 2.37. The first kappa shape index (κ1) is 15.1. The topological polar surface area (TPSA) is 29.1 Å². The number of hydrogen-bond acceptors (Lipinski definition) is 1. The molecule has 1 unspecified atom stereocenters. The Kier molecular flexibility index (Phi) is 5.21. The molecule has 0 bridgehead atoms. The van der Waals surface area contributed by atoms with Gasteiger partial charge in [0.15, 0.2) is 0 Å². The molecular formula is C16H15BrClNO. The summed E-state index contributed by atoms with van der Waals surface area (Å²) >= 11 is 9.61. The Morgan fingerprint density at radius 2 is 1.90 bits per heavy atom. The lowest BCUT2D eigenvalue weighted by Gasteiger charge is -2.13. The summed E-state index contributed by atoms with van der Waals surface area (Å²) in [5.41, 5.74) is 2.55. The molecule has 0 heterocycles. The minimum atomic E-state index is -0.106. The number of carbonyl (C=O) groups excluding carboxylic acids is 1. The summed E-state index contributed by atoms with van der Waals surface area (Å²) in [4.78, 5) is 12.3. The predicted molar refractivity (Wildman–Crippen MR) is 86.6 cm³/mol. The summed E-state index contributed by atoms with van der Waals surface area (Å²) in [6, 6.07) is 15.3. The maximum Gasteiger partial charge on any atom is 0.251 e. The van der Waals surface area contributed by atoms with Crippen LogP contribution in [0, 0.1) is 6.92 Å². The minimum absolute atomic E-state index is 0.0899. The lowest BCUT2D eigenvalue weighted by atomic mass is 10.1. The number of hydrogen-bond donors (Lipinski definition) is 1. The largest absolute Gasteiger partial charge is 0.351 e. The molecule has 1 amide bonds. The van der Waals surface area contributed by atoms with Crippen molar-refractivity contribution in [3.63, 3.8) is 0 Å². The number of amides is 1. The number of carbonyl (C=O) groups is 1. The van der Waals surface area contributed by atoms with Crippen LogP contribution in [0.3, 0.4) is 0 Å². The van der Waals surface area contributed by atoms with E-state index in [1.54, 1.807) is 18.2 Å². The van der Waals surface area contributed by atoms with Gasteiger partial charge in [-0.15, -0.1) is 0 Å². The highest BCUT2D eigenvalue weighted by molar-refractivity contribution is 9.09. The zero-order chi connectivity index (χ0) is 14.5. The molecule has 2 aromatic rings. The highest BCUT2D eigenvalue weighted by Crippen LogP contribution is 2.22. The van der Waals surface area contributed by atoms with Gasteiger partial charge in [0.1, 0.15) is 0 Å². The van der Waals surface area contributed by atoms with E-state index in [-0.39, 0.29) is 10.7 Å². The summed E-state index contributed by atoms with van der Waals surface area (Å²) in [6.07, 6.45) is 0. The van der Waals surface area contributed by atoms with Gasteiger partial charge in [-0.2, -0.15) is 0 Å². The molecule has 104 valence electrons. The Morgan fingerprint density at radius 1 is 1.20 bits per heavy atom. The van der Waals surface area contributed by atoms with Crippen molar-refractivity contribution in [3.8, 4) is 0 Å². The molecule has 2 aromatic carbocycles. The molecule has 2 rings (SSSR count). The second kappa shape index (κ2) is 6.91. The molecule has 2 nitrogen and oxygen atoms in total. The fourth-order valence-corrected chi connectivity index (χ4v) is 2.55. The maximum absolute atomic E-state index is 12.2. The normalized spacial score (nSPS) is 11.9. The standard InChI is InChI=1S/C16H15BrClNO/c1-11-13(8-5-9-15(11)18)16(20)19-10-14(17)12-6-3-2-4-7-12/h2-9,14H,10H2,1H3,(H,19,20). The van der Waals surface area contributed by atoms with Gasteiger partial charge < -0.3 is 5.32 Å². The molecule has 0 aromatic heterocycles. The maximum atomic E-state index is 12.2. The number of halogens is 2. The van der Waals surface area contributed by atoms with Crippen LogP contribution in [0.4, 0.5) is 0 Å². The first-order chi connectivity index (χ1) is 9.59. The second-order valence-electron chi connectivity index (χ2n) is 4.50. The van der Waals surface area contributed by atoms with Gasteiger partial charge in [-0.1, -0.05) is 63.9 Å². The van der Waals surface area contributed by atoms with Gasteiger partial charge in [0.05, 0.1) is 4.83 Å². The predicted octanol–water partition coefficient (Wildman–Crippen LogP) is 4.51. The number of alkyl halides is 1. The van der Waals surface area contributed by atoms with E-state index in [9.17, 15) is 4.79 Å². The molecule has 0 aliphatic rings. The lowest BCUT2D eigenvalue weighted by molar-refractivity contribution is 0.0953. The van der Waals surface area contributed by atoms with Crippen molar-refractivity contribution in [1.29, 1.82) is 0 Å². The van der Waals surface area contributed by atoms with E-state index in [1.807, 2.05) is 37.3 Å². The average Bonchev–Trinajstić information content (AvgIpc) is 2.48. The van der Waals surface area contributed by atoms with Gasteiger partial charge in [-0.3, -0.25) is 4.79 Å². The quantitative estimate of drug-likeness (QED) is 0.806. The van der Waals surface area contributed by atoms with Crippen molar-refractivity contribution in [2.75, 3.05) is 6.54 Å². The highest BCUT2D eigenvalue weighted by Gasteiger charge is 2.13. The molecule has 1 atom stereocenters. The highest BCUT2D eigenvalue weighted by atomic mass is 79.9. The molecule has 4 heteroatoms. The van der Waals surface area contributed by atoms with E-state index in [4.69, 9.17) is 11.6 Å². The van der Waals surface area contributed by atoms with Gasteiger partial charge >= 0.3 is 0 Å². The van der Waals surface area contributed by atoms with Crippen molar-refractivity contribution in [3.05, 3.63) is 70.2 Å². The van der Waals surface area contributed by atoms with E-state index in [0.29, 0.717) is 17.1 Å². The van der Waals surface area contributed by atoms with Crippen molar-refractivity contribution < 1.29 is 4.79 Å². The molecule has 0 saturated carbocycles. The minimum Gasteiger partial charge on any atom is -0.351 e. The van der Waals surface area contributed by atoms with Gasteiger partial charge in [0, 0.05) is 17.1 Å². The molecule has 0 aliphatic heterocycles. The van der Waals surface area contributed by atoms with E-state index in [2.05, 4.69) is 21.2 Å². The van der Waals surface area contributed by atoms with Gasteiger partial charge in [0.25, 0.3) is 5.91 Å². The Hall–Kier alpha value is -1.32. The van der Waals surface area contributed by atoms with E-state index >= 15 is 0 Å². The Labute approximate surface area is 132 Å². The summed E-state index contributed by atoms with van der Waals surface area (Å²) in [5.74, 6) is -0.106. The van der Waals surface area contributed by atoms with Crippen LogP contribution in [-0.4, -0.2) is 12.5 Å². The van der Waals surface area contributed by atoms with Crippen LogP contribution in [0.5, 0.6) is 0 Å². The van der Waals surface area contributed by atoms with Gasteiger partial charge in [0.2, 0.25) is 0 Å². The second-order valence-corrected chi connectivity index (χ2v) is 6.01. The lowest BCUT2D eigenvalue weighted by Crippen LogP contribution is -2.27. The third kappa shape index (κ3) is 3.62. The van der Waals surface area contributed by atoms with Crippen LogP contribution in [0.25, 0.3) is 0 Å². The summed E-state index contributed by atoms with van der Waals surface area (Å²) in [7, 11) is 0. The Bertz CT molecular complexity index is 601. The molecule has 0 fully saturated rings. The molecule has 0 saturated heterocycles. The molecule has 0 spiro atoms. The molecular weight excluding hydrogens is 338 g/mol. The summed E-state index contributed by atoms with van der Waals surface area (Å²) in [5, 5.41) is 3.53. The van der Waals surface area contributed by atoms with Crippen LogP contribution in [0.1, 0.15) is 26.3 Å². The van der Waals surface area contributed by atoms with Crippen molar-refractivity contribution in [2.24, 2.45) is 0 Å². The SMILES string of the molecule is Cc1c(Cl)cccc1C(=O)NCC(Br)c1ccccc1. The van der Waals surface area contributed by atoms with E-state index in [1.165, 1.54) is 0 Å². The smallest absolute Gasteiger partial charge is 0.251 e. The van der Waals surface area contributed by atoms with E-state index < -0.39 is 0 Å². The third-order valence-electron chi connectivity index (χ3n) is 3.12. The van der Waals surface area contributed by atoms with Gasteiger partial charge in [-0.25, -0.2) is 0 Å². The first-order valence-corrected chi connectivity index (χ1v) is 7.61. The molecule has 0 aliphatic carbocycles. The fourth-order valence-electron chi connectivity index (χ4n) is 1.91. The average molecular weight is 353 g/mol. The van der Waals surface area contributed by atoms with Crippen LogP contribution < -0.4 is 5.32 Å². The number of rotatable bonds is 4. The van der Waals surface area contributed by atoms with Crippen LogP contribution in [-0.2, 0) is 0 Å². The van der Waals surface area contributed by atoms with E-state index in [0.717, 1.165) is 11.1 Å². The monoisotopic (exact) mass is 351 g/mol. The first-order valence-electron chi connectivity index (χ1n) is 6.32. The van der Waals surface area contributed by atoms with Crippen LogP contribution >= 0.6 is 27.5 Å². The van der Waals surface area contributed by atoms with Crippen molar-refractivity contribution in [1.82, 2.24) is 5.32 Å². The zero-order valence-electron chi connectivity index (χ0n) is 11.1. The molecule has 0 radical (unpaired) electrons. The molecule has 1 N–H and O–H groups in total. The van der Waals surface area contributed by atoms with Crippen LogP contribution in [0.2, 0.25) is 5.02 Å². The Morgan fingerprint density at radius 3 is 2.60 bits per heavy atom.